The third-order valence-corrected chi connectivity index (χ3v) is 10.1. The summed E-state index contributed by atoms with van der Waals surface area (Å²) in [6.45, 7) is 11.9. The second-order valence-corrected chi connectivity index (χ2v) is 11.1. The first-order valence-corrected chi connectivity index (χ1v) is 11.8. The van der Waals surface area contributed by atoms with Crippen molar-refractivity contribution in [3.8, 4) is 0 Å². The van der Waals surface area contributed by atoms with Crippen molar-refractivity contribution < 1.29 is 24.2 Å². The number of ether oxygens (including phenoxy) is 2. The lowest BCUT2D eigenvalue weighted by atomic mass is 9.38. The Labute approximate surface area is 186 Å². The smallest absolute Gasteiger partial charge is 0.333 e. The number of rotatable bonds is 3. The number of carbonyl (C=O) groups is 2. The molecule has 1 N–H and O–H groups in total. The lowest BCUT2D eigenvalue weighted by molar-refractivity contribution is -0.276. The van der Waals surface area contributed by atoms with E-state index in [2.05, 4.69) is 13.5 Å². The summed E-state index contributed by atoms with van der Waals surface area (Å²) in [6.07, 6.45) is 7.76. The molecule has 172 valence electrons. The molecule has 5 nitrogen and oxygen atoms in total. The summed E-state index contributed by atoms with van der Waals surface area (Å²) in [6, 6.07) is 0. The topological polar surface area (TPSA) is 72.8 Å². The monoisotopic (exact) mass is 430 g/mol. The molecule has 0 radical (unpaired) electrons. The van der Waals surface area contributed by atoms with E-state index in [1.807, 2.05) is 6.92 Å². The molecule has 31 heavy (non-hydrogen) atoms. The zero-order chi connectivity index (χ0) is 22.8. The molecule has 0 aromatic heterocycles. The molecule has 4 aliphatic rings. The fraction of sp³-hybridized carbons (Fsp3) is 0.769. The van der Waals surface area contributed by atoms with Gasteiger partial charge in [0.1, 0.15) is 11.5 Å². The first kappa shape index (κ1) is 22.6. The van der Waals surface area contributed by atoms with Crippen molar-refractivity contribution in [3.63, 3.8) is 0 Å². The quantitative estimate of drug-likeness (QED) is 0.398. The van der Waals surface area contributed by atoms with Crippen LogP contribution in [-0.2, 0) is 19.1 Å². The zero-order valence-electron chi connectivity index (χ0n) is 19.8. The van der Waals surface area contributed by atoms with E-state index in [1.165, 1.54) is 12.7 Å². The fourth-order valence-corrected chi connectivity index (χ4v) is 8.17. The van der Waals surface area contributed by atoms with Gasteiger partial charge in [-0.15, -0.1) is 0 Å². The summed E-state index contributed by atoms with van der Waals surface area (Å²) in [4.78, 5) is 25.9. The Hall–Kier alpha value is -1.62. The normalized spacial score (nSPS) is 46.7. The van der Waals surface area contributed by atoms with Crippen molar-refractivity contribution in [3.05, 3.63) is 23.8 Å². The minimum Gasteiger partial charge on any atom is -0.468 e. The Balaban J connectivity index is 1.75. The third kappa shape index (κ3) is 2.77. The predicted octanol–water partition coefficient (Wildman–Crippen LogP) is 4.73. The number of hydrogen-bond donors (Lipinski definition) is 1. The van der Waals surface area contributed by atoms with Crippen molar-refractivity contribution in [2.45, 2.75) is 90.8 Å². The maximum Gasteiger partial charge on any atom is 0.333 e. The van der Waals surface area contributed by atoms with E-state index < -0.39 is 22.5 Å². The molecule has 4 saturated carbocycles. The number of allylic oxidation sites excluding steroid dienone is 2. The van der Waals surface area contributed by atoms with E-state index in [4.69, 9.17) is 9.47 Å². The van der Waals surface area contributed by atoms with Crippen molar-refractivity contribution in [1.29, 1.82) is 0 Å². The largest absolute Gasteiger partial charge is 0.468 e. The Morgan fingerprint density at radius 2 is 1.87 bits per heavy atom. The lowest BCUT2D eigenvalue weighted by Gasteiger charge is -2.68. The summed E-state index contributed by atoms with van der Waals surface area (Å²) in [5.74, 6) is -0.326. The van der Waals surface area contributed by atoms with Crippen LogP contribution in [0.25, 0.3) is 0 Å². The van der Waals surface area contributed by atoms with Crippen LogP contribution in [0.4, 0.5) is 0 Å². The maximum atomic E-state index is 13.3. The molecule has 0 aromatic carbocycles. The second kappa shape index (κ2) is 7.19. The first-order valence-electron chi connectivity index (χ1n) is 11.8. The number of fused-ring (bicyclic) bond motifs is 3. The minimum atomic E-state index is -0.991. The van der Waals surface area contributed by atoms with Crippen molar-refractivity contribution in [2.75, 3.05) is 7.11 Å². The highest BCUT2D eigenvalue weighted by atomic mass is 16.6. The average molecular weight is 431 g/mol. The van der Waals surface area contributed by atoms with E-state index in [0.717, 1.165) is 44.9 Å². The van der Waals surface area contributed by atoms with E-state index >= 15 is 0 Å². The van der Waals surface area contributed by atoms with Crippen LogP contribution in [0.1, 0.15) is 79.1 Å². The first-order chi connectivity index (χ1) is 14.5. The highest BCUT2D eigenvalue weighted by molar-refractivity contribution is 5.88. The molecule has 0 aromatic rings. The predicted molar refractivity (Wildman–Crippen MR) is 118 cm³/mol. The van der Waals surface area contributed by atoms with E-state index in [0.29, 0.717) is 17.9 Å². The fourth-order valence-electron chi connectivity index (χ4n) is 8.17. The number of aliphatic hydroxyl groups is 1. The van der Waals surface area contributed by atoms with Gasteiger partial charge in [0.15, 0.2) is 0 Å². The molecule has 0 heterocycles. The Kier molecular flexibility index (Phi) is 5.24. The molecule has 4 fully saturated rings. The van der Waals surface area contributed by atoms with Crippen LogP contribution in [0, 0.1) is 28.1 Å². The summed E-state index contributed by atoms with van der Waals surface area (Å²) in [5, 5.41) is 12.4. The highest BCUT2D eigenvalue weighted by Gasteiger charge is 2.74. The van der Waals surface area contributed by atoms with Gasteiger partial charge in [0.05, 0.1) is 12.7 Å². The van der Waals surface area contributed by atoms with Gasteiger partial charge in [0.25, 0.3) is 0 Å². The molecule has 0 amide bonds. The Morgan fingerprint density at radius 1 is 1.16 bits per heavy atom. The van der Waals surface area contributed by atoms with Crippen LogP contribution in [0.3, 0.4) is 0 Å². The molecule has 2 bridgehead atoms. The molecular formula is C26H38O5. The Bertz CT molecular complexity index is 845. The molecule has 0 aliphatic heterocycles. The molecule has 4 aliphatic carbocycles. The maximum absolute atomic E-state index is 13.3. The van der Waals surface area contributed by atoms with Gasteiger partial charge >= 0.3 is 11.9 Å². The van der Waals surface area contributed by atoms with Gasteiger partial charge in [-0.1, -0.05) is 25.2 Å². The Morgan fingerprint density at radius 3 is 2.52 bits per heavy atom. The minimum absolute atomic E-state index is 0.119. The summed E-state index contributed by atoms with van der Waals surface area (Å²) in [7, 11) is 1.40. The lowest BCUT2D eigenvalue weighted by Crippen LogP contribution is -2.71. The van der Waals surface area contributed by atoms with Crippen molar-refractivity contribution >= 4 is 11.9 Å². The molecule has 0 unspecified atom stereocenters. The van der Waals surface area contributed by atoms with Crippen LogP contribution in [-0.4, -0.2) is 35.9 Å². The van der Waals surface area contributed by atoms with E-state index in [1.54, 1.807) is 19.9 Å². The van der Waals surface area contributed by atoms with Crippen LogP contribution in [0.5, 0.6) is 0 Å². The summed E-state index contributed by atoms with van der Waals surface area (Å²) < 4.78 is 11.2. The average Bonchev–Trinajstić information content (AvgIpc) is 3.02. The number of esters is 2. The van der Waals surface area contributed by atoms with E-state index in [9.17, 15) is 14.7 Å². The zero-order valence-corrected chi connectivity index (χ0v) is 19.8. The standard InChI is InChI=1S/C26H38O5/c1-7-16(2)21(27)31-20-10-11-23(4)19(24(20,5)22(28)30-6)9-12-25-14-17(3)18(15-25)8-13-26(23,25)29/h7,18-20,29H,3,8-15H2,1-2,4-6H3/b16-7-/t18-,19+,20-,23-,24+,25-,26-/m1/s1. The summed E-state index contributed by atoms with van der Waals surface area (Å²) in [5.41, 5.74) is -0.594. The molecule has 0 saturated heterocycles. The van der Waals surface area contributed by atoms with Crippen molar-refractivity contribution in [2.24, 2.45) is 28.1 Å². The molecule has 1 spiro atoms. The van der Waals surface area contributed by atoms with Gasteiger partial charge in [-0.2, -0.15) is 0 Å². The van der Waals surface area contributed by atoms with Crippen LogP contribution < -0.4 is 0 Å². The van der Waals surface area contributed by atoms with E-state index in [-0.39, 0.29) is 23.3 Å². The number of carbonyl (C=O) groups excluding carboxylic acids is 2. The van der Waals surface area contributed by atoms with Crippen LogP contribution in [0.2, 0.25) is 0 Å². The number of hydrogen-bond acceptors (Lipinski definition) is 5. The van der Waals surface area contributed by atoms with Crippen LogP contribution in [0.15, 0.2) is 23.8 Å². The molecule has 5 heteroatoms. The van der Waals surface area contributed by atoms with Crippen LogP contribution >= 0.6 is 0 Å². The summed E-state index contributed by atoms with van der Waals surface area (Å²) >= 11 is 0. The highest BCUT2D eigenvalue weighted by Crippen LogP contribution is 2.74. The van der Waals surface area contributed by atoms with Gasteiger partial charge in [0, 0.05) is 16.4 Å². The van der Waals surface area contributed by atoms with Gasteiger partial charge in [0.2, 0.25) is 0 Å². The SMILES string of the molecule is C=C1C[C@@]23CC[C@@H]4[C@](C)(C(=O)OC)[C@H](OC(=O)/C(C)=C\C)CC[C@@]4(C)[C@]2(O)CC[C@@H]1C3. The molecule has 4 rings (SSSR count). The molecular weight excluding hydrogens is 392 g/mol. The third-order valence-electron chi connectivity index (χ3n) is 10.1. The van der Waals surface area contributed by atoms with Gasteiger partial charge in [-0.05, 0) is 84.0 Å². The second-order valence-electron chi connectivity index (χ2n) is 11.1. The number of methoxy groups -OCH3 is 1. The van der Waals surface area contributed by atoms with Gasteiger partial charge in [-0.25, -0.2) is 4.79 Å². The molecule has 7 atom stereocenters. The van der Waals surface area contributed by atoms with Crippen molar-refractivity contribution in [1.82, 2.24) is 0 Å². The van der Waals surface area contributed by atoms with Gasteiger partial charge < -0.3 is 14.6 Å². The van der Waals surface area contributed by atoms with Gasteiger partial charge in [-0.3, -0.25) is 4.79 Å².